The van der Waals surface area contributed by atoms with Gasteiger partial charge in [0.1, 0.15) is 5.82 Å². The number of pyridine rings is 1. The van der Waals surface area contributed by atoms with E-state index in [4.69, 9.17) is 5.73 Å². The highest BCUT2D eigenvalue weighted by Gasteiger charge is 2.08. The molecule has 0 aliphatic rings. The highest BCUT2D eigenvalue weighted by Crippen LogP contribution is 2.16. The Morgan fingerprint density at radius 3 is 2.47 bits per heavy atom. The molecule has 0 aliphatic carbocycles. The molecule has 2 N–H and O–H groups in total. The number of nitrogens with two attached hydrogens (primary N) is 1. The van der Waals surface area contributed by atoms with Crippen LogP contribution in [0.3, 0.4) is 0 Å². The van der Waals surface area contributed by atoms with Crippen molar-refractivity contribution in [2.45, 2.75) is 26.2 Å². The van der Waals surface area contributed by atoms with Crippen LogP contribution in [0.2, 0.25) is 0 Å². The molecule has 0 fully saturated rings. The van der Waals surface area contributed by atoms with E-state index in [9.17, 15) is 4.79 Å². The van der Waals surface area contributed by atoms with Crippen molar-refractivity contribution >= 4 is 11.6 Å². The van der Waals surface area contributed by atoms with E-state index in [2.05, 4.69) is 18.8 Å². The Balaban J connectivity index is 2.11. The van der Waals surface area contributed by atoms with Crippen LogP contribution < -0.4 is 5.73 Å². The van der Waals surface area contributed by atoms with Gasteiger partial charge in [-0.2, -0.15) is 0 Å². The van der Waals surface area contributed by atoms with E-state index in [1.807, 2.05) is 30.3 Å². The summed E-state index contributed by atoms with van der Waals surface area (Å²) >= 11 is 0. The van der Waals surface area contributed by atoms with Crippen molar-refractivity contribution in [1.82, 2.24) is 4.98 Å². The smallest absolute Gasteiger partial charge is 0.167 e. The molecule has 3 heteroatoms. The second-order valence-electron chi connectivity index (χ2n) is 4.97. The van der Waals surface area contributed by atoms with E-state index in [-0.39, 0.29) is 5.78 Å². The molecule has 0 saturated heterocycles. The molecule has 3 nitrogen and oxygen atoms in total. The molecular formula is C16H18N2O. The third kappa shape index (κ3) is 3.41. The van der Waals surface area contributed by atoms with Crippen LogP contribution in [0.5, 0.6) is 0 Å². The fourth-order valence-electron chi connectivity index (χ4n) is 1.95. The van der Waals surface area contributed by atoms with Crippen LogP contribution in [-0.4, -0.2) is 10.8 Å². The maximum absolute atomic E-state index is 12.1. The van der Waals surface area contributed by atoms with Gasteiger partial charge in [0.05, 0.1) is 0 Å². The van der Waals surface area contributed by atoms with E-state index < -0.39 is 0 Å². The van der Waals surface area contributed by atoms with E-state index in [1.54, 1.807) is 12.3 Å². The third-order valence-electron chi connectivity index (χ3n) is 3.11. The van der Waals surface area contributed by atoms with Gasteiger partial charge in [-0.25, -0.2) is 4.98 Å². The predicted molar refractivity (Wildman–Crippen MR) is 77.2 cm³/mol. The number of Topliss-reactive ketones (excluding diaryl/α,β-unsaturated/α-hetero) is 1. The highest BCUT2D eigenvalue weighted by atomic mass is 16.1. The van der Waals surface area contributed by atoms with Gasteiger partial charge in [0.25, 0.3) is 0 Å². The predicted octanol–water partition coefficient (Wildman–Crippen LogP) is 3.21. The SMILES string of the molecule is CC(C)c1ccc(C(=O)Cc2ccnc(N)c2)cc1. The number of carbonyl (C=O) groups is 1. The zero-order valence-corrected chi connectivity index (χ0v) is 11.3. The van der Waals surface area contributed by atoms with Gasteiger partial charge in [-0.05, 0) is 29.2 Å². The lowest BCUT2D eigenvalue weighted by Crippen LogP contribution is -2.04. The largest absolute Gasteiger partial charge is 0.384 e. The van der Waals surface area contributed by atoms with Crippen LogP contribution in [0.1, 0.15) is 41.3 Å². The lowest BCUT2D eigenvalue weighted by Gasteiger charge is -2.06. The van der Waals surface area contributed by atoms with Crippen LogP contribution in [0.4, 0.5) is 5.82 Å². The number of benzene rings is 1. The fourth-order valence-corrected chi connectivity index (χ4v) is 1.95. The van der Waals surface area contributed by atoms with Gasteiger partial charge in [-0.15, -0.1) is 0 Å². The highest BCUT2D eigenvalue weighted by molar-refractivity contribution is 5.97. The summed E-state index contributed by atoms with van der Waals surface area (Å²) in [6, 6.07) is 11.4. The van der Waals surface area contributed by atoms with Crippen molar-refractivity contribution in [2.24, 2.45) is 0 Å². The topological polar surface area (TPSA) is 56.0 Å². The Hall–Kier alpha value is -2.16. The van der Waals surface area contributed by atoms with Crippen molar-refractivity contribution < 1.29 is 4.79 Å². The standard InChI is InChI=1S/C16H18N2O/c1-11(2)13-3-5-14(6-4-13)15(19)9-12-7-8-18-16(17)10-12/h3-8,10-11H,9H2,1-2H3,(H2,17,18). The Labute approximate surface area is 113 Å². The molecule has 0 spiro atoms. The quantitative estimate of drug-likeness (QED) is 0.852. The molecule has 2 aromatic rings. The van der Waals surface area contributed by atoms with Crippen molar-refractivity contribution in [3.63, 3.8) is 0 Å². The van der Waals surface area contributed by atoms with E-state index >= 15 is 0 Å². The summed E-state index contributed by atoms with van der Waals surface area (Å²) in [6.45, 7) is 4.27. The van der Waals surface area contributed by atoms with Crippen molar-refractivity contribution in [3.05, 3.63) is 59.3 Å². The third-order valence-corrected chi connectivity index (χ3v) is 3.11. The molecule has 2 rings (SSSR count). The number of carbonyl (C=O) groups excluding carboxylic acids is 1. The van der Waals surface area contributed by atoms with Crippen LogP contribution in [0.15, 0.2) is 42.6 Å². The van der Waals surface area contributed by atoms with E-state index in [0.29, 0.717) is 18.2 Å². The van der Waals surface area contributed by atoms with Crippen LogP contribution in [0, 0.1) is 0 Å². The van der Waals surface area contributed by atoms with Gasteiger partial charge >= 0.3 is 0 Å². The zero-order valence-electron chi connectivity index (χ0n) is 11.3. The van der Waals surface area contributed by atoms with E-state index in [0.717, 1.165) is 11.1 Å². The number of nitrogens with zero attached hydrogens (tertiary/aromatic N) is 1. The summed E-state index contributed by atoms with van der Waals surface area (Å²) in [5.41, 5.74) is 8.47. The van der Waals surface area contributed by atoms with Crippen LogP contribution >= 0.6 is 0 Å². The molecule has 0 aliphatic heterocycles. The maximum atomic E-state index is 12.1. The Kier molecular flexibility index (Phi) is 3.95. The summed E-state index contributed by atoms with van der Waals surface area (Å²) in [5.74, 6) is 1.02. The van der Waals surface area contributed by atoms with Crippen molar-refractivity contribution in [2.75, 3.05) is 5.73 Å². The second-order valence-corrected chi connectivity index (χ2v) is 4.97. The van der Waals surface area contributed by atoms with E-state index in [1.165, 1.54) is 5.56 Å². The van der Waals surface area contributed by atoms with Gasteiger partial charge < -0.3 is 5.73 Å². The molecule has 98 valence electrons. The Bertz CT molecular complexity index is 574. The number of anilines is 1. The lowest BCUT2D eigenvalue weighted by molar-refractivity contribution is 0.0993. The van der Waals surface area contributed by atoms with Crippen molar-refractivity contribution in [3.8, 4) is 0 Å². The summed E-state index contributed by atoms with van der Waals surface area (Å²) < 4.78 is 0. The number of hydrogen-bond donors (Lipinski definition) is 1. The molecule has 0 saturated carbocycles. The minimum Gasteiger partial charge on any atom is -0.384 e. The average Bonchev–Trinajstić information content (AvgIpc) is 2.39. The van der Waals surface area contributed by atoms with Crippen LogP contribution in [0.25, 0.3) is 0 Å². The first-order chi connectivity index (χ1) is 9.06. The number of nitrogen functional groups attached to an aromatic ring is 1. The summed E-state index contributed by atoms with van der Waals surface area (Å²) in [4.78, 5) is 16.1. The second kappa shape index (κ2) is 5.65. The number of ketones is 1. The first-order valence-electron chi connectivity index (χ1n) is 6.40. The first kappa shape index (κ1) is 13.3. The molecule has 0 unspecified atom stereocenters. The Morgan fingerprint density at radius 1 is 1.21 bits per heavy atom. The number of rotatable bonds is 4. The summed E-state index contributed by atoms with van der Waals surface area (Å²) in [5, 5.41) is 0. The van der Waals surface area contributed by atoms with Gasteiger partial charge in [-0.3, -0.25) is 4.79 Å². The minimum atomic E-state index is 0.0981. The fraction of sp³-hybridized carbons (Fsp3) is 0.250. The molecule has 1 heterocycles. The number of aromatic nitrogens is 1. The minimum absolute atomic E-state index is 0.0981. The zero-order chi connectivity index (χ0) is 13.8. The summed E-state index contributed by atoms with van der Waals surface area (Å²) in [7, 11) is 0. The molecule has 1 aromatic heterocycles. The maximum Gasteiger partial charge on any atom is 0.167 e. The van der Waals surface area contributed by atoms with Crippen molar-refractivity contribution in [1.29, 1.82) is 0 Å². The normalized spacial score (nSPS) is 10.7. The first-order valence-corrected chi connectivity index (χ1v) is 6.40. The molecule has 19 heavy (non-hydrogen) atoms. The molecule has 0 radical (unpaired) electrons. The monoisotopic (exact) mass is 254 g/mol. The van der Waals surface area contributed by atoms with Gasteiger partial charge in [0.2, 0.25) is 0 Å². The van der Waals surface area contributed by atoms with Gasteiger partial charge in [0.15, 0.2) is 5.78 Å². The molecule has 0 amide bonds. The number of hydrogen-bond acceptors (Lipinski definition) is 3. The molecule has 0 bridgehead atoms. The lowest BCUT2D eigenvalue weighted by atomic mass is 9.98. The Morgan fingerprint density at radius 2 is 1.89 bits per heavy atom. The average molecular weight is 254 g/mol. The molecule has 0 atom stereocenters. The van der Waals surface area contributed by atoms with Gasteiger partial charge in [-0.1, -0.05) is 38.1 Å². The molecular weight excluding hydrogens is 236 g/mol. The van der Waals surface area contributed by atoms with Gasteiger partial charge in [0, 0.05) is 18.2 Å². The summed E-state index contributed by atoms with van der Waals surface area (Å²) in [6.07, 6.45) is 1.98. The molecule has 1 aromatic carbocycles. The van der Waals surface area contributed by atoms with Crippen LogP contribution in [-0.2, 0) is 6.42 Å².